The molecule has 156 valence electrons. The number of esters is 1. The maximum Gasteiger partial charge on any atom is 0.326 e. The molecule has 1 N–H and O–H groups in total. The minimum absolute atomic E-state index is 0.0905. The monoisotopic (exact) mass is 411 g/mol. The predicted octanol–water partition coefficient (Wildman–Crippen LogP) is 3.61. The van der Waals surface area contributed by atoms with Crippen LogP contribution < -0.4 is 9.47 Å². The third-order valence-electron chi connectivity index (χ3n) is 4.19. The lowest BCUT2D eigenvalue weighted by molar-refractivity contribution is -0.143. The van der Waals surface area contributed by atoms with Crippen molar-refractivity contribution in [3.8, 4) is 17.4 Å². The van der Waals surface area contributed by atoms with Crippen molar-refractivity contribution in [3.05, 3.63) is 48.5 Å². The number of fused-ring (bicyclic) bond motifs is 1. The minimum Gasteiger partial charge on any atom is -0.497 e. The van der Waals surface area contributed by atoms with E-state index >= 15 is 0 Å². The molecule has 30 heavy (non-hydrogen) atoms. The number of nitrogens with zero attached hydrogens (tertiary/aromatic N) is 3. The van der Waals surface area contributed by atoms with Gasteiger partial charge < -0.3 is 19.3 Å². The second-order valence-electron chi connectivity index (χ2n) is 6.14. The zero-order valence-electron chi connectivity index (χ0n) is 16.6. The number of hydrogen-bond donors (Lipinski definition) is 1. The third-order valence-corrected chi connectivity index (χ3v) is 4.19. The number of azo groups is 1. The van der Waals surface area contributed by atoms with Crippen LogP contribution in [0.25, 0.3) is 10.9 Å². The van der Waals surface area contributed by atoms with E-state index in [0.717, 1.165) is 0 Å². The van der Waals surface area contributed by atoms with Gasteiger partial charge in [0.15, 0.2) is 12.3 Å². The lowest BCUT2D eigenvalue weighted by Gasteiger charge is -2.06. The second-order valence-corrected chi connectivity index (χ2v) is 6.14. The first-order chi connectivity index (χ1) is 14.5. The van der Waals surface area contributed by atoms with Gasteiger partial charge in [-0.05, 0) is 37.3 Å². The van der Waals surface area contributed by atoms with Crippen LogP contribution in [0.2, 0.25) is 0 Å². The van der Waals surface area contributed by atoms with Crippen LogP contribution in [0.15, 0.2) is 58.8 Å². The van der Waals surface area contributed by atoms with Gasteiger partial charge in [-0.15, -0.1) is 10.2 Å². The molecular weight excluding hydrogens is 390 g/mol. The zero-order valence-corrected chi connectivity index (χ0v) is 16.6. The molecule has 9 nitrogen and oxygen atoms in total. The van der Waals surface area contributed by atoms with Crippen molar-refractivity contribution < 1.29 is 28.9 Å². The van der Waals surface area contributed by atoms with E-state index in [0.29, 0.717) is 22.4 Å². The first-order valence-corrected chi connectivity index (χ1v) is 9.20. The average Bonchev–Trinajstić information content (AvgIpc) is 3.02. The van der Waals surface area contributed by atoms with Crippen LogP contribution in [0.5, 0.6) is 17.4 Å². The van der Waals surface area contributed by atoms with Gasteiger partial charge in [-0.25, -0.2) is 0 Å². The molecule has 0 saturated heterocycles. The molecule has 2 aromatic carbocycles. The highest BCUT2D eigenvalue weighted by Crippen LogP contribution is 2.38. The summed E-state index contributed by atoms with van der Waals surface area (Å²) >= 11 is 0. The Bertz CT molecular complexity index is 1070. The summed E-state index contributed by atoms with van der Waals surface area (Å²) in [5.41, 5.74) is 0.659. The number of aromatic nitrogens is 1. The Balaban J connectivity index is 1.75. The quantitative estimate of drug-likeness (QED) is 0.448. The summed E-state index contributed by atoms with van der Waals surface area (Å²) in [6, 6.07) is 13.7. The van der Waals surface area contributed by atoms with E-state index in [-0.39, 0.29) is 31.3 Å². The number of methoxy groups -OCH3 is 1. The number of carbonyl (C=O) groups excluding carboxylic acids is 2. The van der Waals surface area contributed by atoms with E-state index in [2.05, 4.69) is 10.2 Å². The Morgan fingerprint density at radius 1 is 1.07 bits per heavy atom. The van der Waals surface area contributed by atoms with Crippen LogP contribution in [-0.2, 0) is 20.9 Å². The number of carbonyl (C=O) groups is 2. The van der Waals surface area contributed by atoms with E-state index in [1.54, 1.807) is 62.6 Å². The molecule has 1 amide bonds. The average molecular weight is 411 g/mol. The fraction of sp³-hybridized carbons (Fsp3) is 0.238. The molecule has 9 heteroatoms. The van der Waals surface area contributed by atoms with E-state index in [1.165, 1.54) is 4.57 Å². The SMILES string of the molecule is CCOC(=O)Cn1c(O)c(N=NC(=O)COc2ccc(OC)cc2)c2ccccc21. The number of para-hydroxylation sites is 1. The van der Waals surface area contributed by atoms with Crippen LogP contribution in [0.1, 0.15) is 6.92 Å². The number of amides is 1. The molecule has 1 aromatic heterocycles. The summed E-state index contributed by atoms with van der Waals surface area (Å²) in [5, 5.41) is 18.6. The van der Waals surface area contributed by atoms with E-state index in [4.69, 9.17) is 14.2 Å². The summed E-state index contributed by atoms with van der Waals surface area (Å²) in [6.07, 6.45) is 0. The van der Waals surface area contributed by atoms with E-state index < -0.39 is 11.9 Å². The summed E-state index contributed by atoms with van der Waals surface area (Å²) in [6.45, 7) is 1.42. The fourth-order valence-corrected chi connectivity index (χ4v) is 2.82. The topological polar surface area (TPSA) is 112 Å². The maximum atomic E-state index is 12.1. The van der Waals surface area contributed by atoms with Gasteiger partial charge >= 0.3 is 11.9 Å². The molecule has 0 bridgehead atoms. The highest BCUT2D eigenvalue weighted by molar-refractivity contribution is 5.96. The van der Waals surface area contributed by atoms with Crippen LogP contribution >= 0.6 is 0 Å². The third kappa shape index (κ3) is 4.75. The molecule has 3 rings (SSSR count). The molecule has 0 aliphatic rings. The van der Waals surface area contributed by atoms with Gasteiger partial charge in [-0.2, -0.15) is 0 Å². The highest BCUT2D eigenvalue weighted by atomic mass is 16.5. The van der Waals surface area contributed by atoms with Gasteiger partial charge in [0.2, 0.25) is 5.88 Å². The van der Waals surface area contributed by atoms with E-state index in [1.807, 2.05) is 0 Å². The number of aromatic hydroxyl groups is 1. The molecule has 0 atom stereocenters. The van der Waals surface area contributed by atoms with Gasteiger partial charge in [0, 0.05) is 5.39 Å². The lowest BCUT2D eigenvalue weighted by Crippen LogP contribution is -2.12. The first-order valence-electron chi connectivity index (χ1n) is 9.20. The Hall–Kier alpha value is -3.88. The number of rotatable bonds is 8. The number of ether oxygens (including phenoxy) is 3. The molecular formula is C21H21N3O6. The summed E-state index contributed by atoms with van der Waals surface area (Å²) in [4.78, 5) is 23.9. The molecule has 0 aliphatic heterocycles. The van der Waals surface area contributed by atoms with Crippen molar-refractivity contribution in [1.82, 2.24) is 4.57 Å². The molecule has 0 unspecified atom stereocenters. The van der Waals surface area contributed by atoms with Crippen LogP contribution in [0, 0.1) is 0 Å². The fourth-order valence-electron chi connectivity index (χ4n) is 2.82. The van der Waals surface area contributed by atoms with Crippen molar-refractivity contribution in [1.29, 1.82) is 0 Å². The van der Waals surface area contributed by atoms with Crippen molar-refractivity contribution in [2.45, 2.75) is 13.5 Å². The van der Waals surface area contributed by atoms with Gasteiger partial charge in [0.05, 0.1) is 19.2 Å². The van der Waals surface area contributed by atoms with Gasteiger partial charge in [0.25, 0.3) is 0 Å². The Labute approximate surface area is 172 Å². The smallest absolute Gasteiger partial charge is 0.326 e. The largest absolute Gasteiger partial charge is 0.497 e. The first kappa shape index (κ1) is 20.8. The molecule has 0 aliphatic carbocycles. The molecule has 0 fully saturated rings. The molecule has 0 radical (unpaired) electrons. The molecule has 0 spiro atoms. The summed E-state index contributed by atoms with van der Waals surface area (Å²) in [5.74, 6) is -0.262. The Morgan fingerprint density at radius 2 is 1.77 bits per heavy atom. The number of hydrogen-bond acceptors (Lipinski definition) is 7. The Kier molecular flexibility index (Phi) is 6.63. The predicted molar refractivity (Wildman–Crippen MR) is 108 cm³/mol. The van der Waals surface area contributed by atoms with Crippen molar-refractivity contribution in [2.24, 2.45) is 10.2 Å². The maximum absolute atomic E-state index is 12.1. The molecule has 0 saturated carbocycles. The van der Waals surface area contributed by atoms with Crippen molar-refractivity contribution >= 4 is 28.5 Å². The summed E-state index contributed by atoms with van der Waals surface area (Å²) in [7, 11) is 1.55. The van der Waals surface area contributed by atoms with Crippen LogP contribution in [0.3, 0.4) is 0 Å². The van der Waals surface area contributed by atoms with Crippen LogP contribution in [0.4, 0.5) is 5.69 Å². The van der Waals surface area contributed by atoms with Crippen molar-refractivity contribution in [2.75, 3.05) is 20.3 Å². The number of benzene rings is 2. The molecule has 1 heterocycles. The second kappa shape index (κ2) is 9.55. The van der Waals surface area contributed by atoms with Gasteiger partial charge in [0.1, 0.15) is 18.0 Å². The standard InChI is InChI=1S/C21H21N3O6/c1-3-29-19(26)12-24-17-7-5-4-6-16(17)20(21(24)27)23-22-18(25)13-30-15-10-8-14(28-2)9-11-15/h4-11,27H,3,12-13H2,1-2H3. The normalized spacial score (nSPS) is 11.0. The highest BCUT2D eigenvalue weighted by Gasteiger charge is 2.19. The summed E-state index contributed by atoms with van der Waals surface area (Å²) < 4.78 is 16.7. The van der Waals surface area contributed by atoms with Gasteiger partial charge in [-0.1, -0.05) is 18.2 Å². The van der Waals surface area contributed by atoms with E-state index in [9.17, 15) is 14.7 Å². The van der Waals surface area contributed by atoms with Crippen LogP contribution in [-0.4, -0.2) is 41.9 Å². The van der Waals surface area contributed by atoms with Gasteiger partial charge in [-0.3, -0.25) is 14.2 Å². The molecule has 3 aromatic rings. The minimum atomic E-state index is -0.632. The lowest BCUT2D eigenvalue weighted by atomic mass is 10.2. The zero-order chi connectivity index (χ0) is 21.5. The van der Waals surface area contributed by atoms with Crippen molar-refractivity contribution in [3.63, 3.8) is 0 Å². The Morgan fingerprint density at radius 3 is 2.47 bits per heavy atom.